The van der Waals surface area contributed by atoms with Crippen LogP contribution in [0.5, 0.6) is 11.5 Å². The molecule has 0 saturated carbocycles. The van der Waals surface area contributed by atoms with Crippen molar-refractivity contribution in [2.45, 2.75) is 27.7 Å². The third-order valence-corrected chi connectivity index (χ3v) is 4.91. The van der Waals surface area contributed by atoms with Crippen LogP contribution in [0.25, 0.3) is 0 Å². The fraction of sp³-hybridized carbons (Fsp3) is 0.167. The second kappa shape index (κ2) is 8.29. The average molecular weight is 404 g/mol. The summed E-state index contributed by atoms with van der Waals surface area (Å²) < 4.78 is 0. The molecule has 154 valence electrons. The molecule has 0 bridgehead atoms. The Hall–Kier alpha value is -3.80. The smallest absolute Gasteiger partial charge is 0.255 e. The van der Waals surface area contributed by atoms with E-state index in [1.54, 1.807) is 76.2 Å². The topological polar surface area (TPSA) is 98.7 Å². The number of aryl methyl sites for hydroxylation is 4. The number of carbonyl (C=O) groups is 2. The standard InChI is InChI=1S/C24H24N2O4/c1-13-9-19(10-14(2)21(13)27)25-23(29)17-5-7-18(8-6-17)24(30)26-20-11-15(3)22(28)16(4)12-20/h5-12,27-28H,1-4H3,(H,25,29)(H,26,30). The van der Waals surface area contributed by atoms with Gasteiger partial charge in [0.15, 0.2) is 0 Å². The van der Waals surface area contributed by atoms with E-state index >= 15 is 0 Å². The molecule has 0 radical (unpaired) electrons. The van der Waals surface area contributed by atoms with Gasteiger partial charge in [0.05, 0.1) is 0 Å². The van der Waals surface area contributed by atoms with Gasteiger partial charge < -0.3 is 20.8 Å². The second-order valence-electron chi connectivity index (χ2n) is 7.40. The molecule has 30 heavy (non-hydrogen) atoms. The van der Waals surface area contributed by atoms with Crippen molar-refractivity contribution in [1.82, 2.24) is 0 Å². The van der Waals surface area contributed by atoms with Crippen LogP contribution < -0.4 is 10.6 Å². The predicted octanol–water partition coefficient (Wildman–Crippen LogP) is 4.84. The minimum absolute atomic E-state index is 0.211. The number of amides is 2. The Kier molecular flexibility index (Phi) is 5.78. The molecule has 0 aliphatic rings. The van der Waals surface area contributed by atoms with Crippen molar-refractivity contribution < 1.29 is 19.8 Å². The SMILES string of the molecule is Cc1cc(NC(=O)c2ccc(C(=O)Nc3cc(C)c(O)c(C)c3)cc2)cc(C)c1O. The molecule has 0 heterocycles. The summed E-state index contributed by atoms with van der Waals surface area (Å²) in [6, 6.07) is 13.1. The Bertz CT molecular complexity index is 998. The maximum atomic E-state index is 12.5. The van der Waals surface area contributed by atoms with Crippen LogP contribution in [0.4, 0.5) is 11.4 Å². The lowest BCUT2D eigenvalue weighted by atomic mass is 10.1. The van der Waals surface area contributed by atoms with Gasteiger partial charge in [0.25, 0.3) is 11.8 Å². The summed E-state index contributed by atoms with van der Waals surface area (Å²) in [6.45, 7) is 7.07. The highest BCUT2D eigenvalue weighted by Crippen LogP contribution is 2.27. The number of carbonyl (C=O) groups excluding carboxylic acids is 2. The predicted molar refractivity (Wildman–Crippen MR) is 118 cm³/mol. The number of phenols is 2. The zero-order valence-corrected chi connectivity index (χ0v) is 17.3. The van der Waals surface area contributed by atoms with E-state index in [1.807, 2.05) is 0 Å². The molecule has 0 unspecified atom stereocenters. The molecular weight excluding hydrogens is 380 g/mol. The number of benzene rings is 3. The largest absolute Gasteiger partial charge is 0.507 e. The van der Waals surface area contributed by atoms with E-state index in [9.17, 15) is 19.8 Å². The summed E-state index contributed by atoms with van der Waals surface area (Å²) in [6.07, 6.45) is 0. The molecule has 6 heteroatoms. The van der Waals surface area contributed by atoms with Crippen molar-refractivity contribution in [2.24, 2.45) is 0 Å². The van der Waals surface area contributed by atoms with Crippen LogP contribution in [0.15, 0.2) is 48.5 Å². The minimum Gasteiger partial charge on any atom is -0.507 e. The lowest BCUT2D eigenvalue weighted by Crippen LogP contribution is -2.14. The maximum absolute atomic E-state index is 12.5. The zero-order valence-electron chi connectivity index (χ0n) is 17.3. The Morgan fingerprint density at radius 3 is 1.13 bits per heavy atom. The fourth-order valence-corrected chi connectivity index (χ4v) is 3.24. The van der Waals surface area contributed by atoms with Crippen molar-refractivity contribution in [3.8, 4) is 11.5 Å². The molecule has 3 aromatic rings. The number of aromatic hydroxyl groups is 2. The normalized spacial score (nSPS) is 10.5. The summed E-state index contributed by atoms with van der Waals surface area (Å²) in [5, 5.41) is 25.3. The lowest BCUT2D eigenvalue weighted by Gasteiger charge is -2.11. The van der Waals surface area contributed by atoms with Crippen molar-refractivity contribution in [2.75, 3.05) is 10.6 Å². The first-order valence-corrected chi connectivity index (χ1v) is 9.49. The quantitative estimate of drug-likeness (QED) is 0.468. The first-order chi connectivity index (χ1) is 14.2. The molecule has 0 aromatic heterocycles. The Morgan fingerprint density at radius 1 is 0.600 bits per heavy atom. The van der Waals surface area contributed by atoms with Crippen LogP contribution in [0.3, 0.4) is 0 Å². The number of phenolic OH excluding ortho intramolecular Hbond substituents is 2. The number of hydrogen-bond acceptors (Lipinski definition) is 4. The molecule has 3 aromatic carbocycles. The monoisotopic (exact) mass is 404 g/mol. The minimum atomic E-state index is -0.309. The number of nitrogens with one attached hydrogen (secondary N) is 2. The summed E-state index contributed by atoms with van der Waals surface area (Å²) in [5.74, 6) is -0.197. The van der Waals surface area contributed by atoms with Crippen LogP contribution >= 0.6 is 0 Å². The Morgan fingerprint density at radius 2 is 0.867 bits per heavy atom. The van der Waals surface area contributed by atoms with Crippen LogP contribution in [-0.4, -0.2) is 22.0 Å². The Balaban J connectivity index is 1.71. The number of hydrogen-bond donors (Lipinski definition) is 4. The van der Waals surface area contributed by atoms with E-state index in [2.05, 4.69) is 10.6 Å². The molecule has 0 spiro atoms. The van der Waals surface area contributed by atoms with Crippen molar-refractivity contribution in [1.29, 1.82) is 0 Å². The highest BCUT2D eigenvalue weighted by Gasteiger charge is 2.12. The molecule has 6 nitrogen and oxygen atoms in total. The van der Waals surface area contributed by atoms with Gasteiger partial charge in [0, 0.05) is 22.5 Å². The molecule has 2 amide bonds. The van der Waals surface area contributed by atoms with Gasteiger partial charge in [-0.3, -0.25) is 9.59 Å². The van der Waals surface area contributed by atoms with Gasteiger partial charge in [-0.1, -0.05) is 0 Å². The second-order valence-corrected chi connectivity index (χ2v) is 7.40. The molecule has 0 saturated heterocycles. The number of anilines is 2. The maximum Gasteiger partial charge on any atom is 0.255 e. The molecule has 0 fully saturated rings. The third-order valence-electron chi connectivity index (χ3n) is 4.91. The molecule has 3 rings (SSSR count). The van der Waals surface area contributed by atoms with Crippen molar-refractivity contribution in [3.63, 3.8) is 0 Å². The molecule has 0 aliphatic heterocycles. The molecule has 0 atom stereocenters. The van der Waals surface area contributed by atoms with E-state index in [1.165, 1.54) is 0 Å². The van der Waals surface area contributed by atoms with Gasteiger partial charge in [-0.2, -0.15) is 0 Å². The first-order valence-electron chi connectivity index (χ1n) is 9.49. The van der Waals surface area contributed by atoms with Gasteiger partial charge in [-0.25, -0.2) is 0 Å². The summed E-state index contributed by atoms with van der Waals surface area (Å²) in [5.41, 5.74) is 4.71. The van der Waals surface area contributed by atoms with Crippen LogP contribution in [0, 0.1) is 27.7 Å². The highest BCUT2D eigenvalue weighted by atomic mass is 16.3. The first kappa shape index (κ1) is 20.9. The molecule has 0 aliphatic carbocycles. The number of rotatable bonds is 4. The van der Waals surface area contributed by atoms with Crippen LogP contribution in [0.1, 0.15) is 43.0 Å². The van der Waals surface area contributed by atoms with E-state index in [0.717, 1.165) is 0 Å². The van der Waals surface area contributed by atoms with E-state index in [0.29, 0.717) is 44.8 Å². The zero-order chi connectivity index (χ0) is 22.0. The molecule has 4 N–H and O–H groups in total. The van der Waals surface area contributed by atoms with E-state index in [-0.39, 0.29) is 23.3 Å². The van der Waals surface area contributed by atoms with Gasteiger partial charge >= 0.3 is 0 Å². The highest BCUT2D eigenvalue weighted by molar-refractivity contribution is 6.07. The average Bonchev–Trinajstić information content (AvgIpc) is 2.70. The summed E-state index contributed by atoms with van der Waals surface area (Å²) in [4.78, 5) is 25.0. The van der Waals surface area contributed by atoms with Gasteiger partial charge in [0.1, 0.15) is 11.5 Å². The van der Waals surface area contributed by atoms with Crippen LogP contribution in [0.2, 0.25) is 0 Å². The van der Waals surface area contributed by atoms with Crippen molar-refractivity contribution >= 4 is 23.2 Å². The summed E-state index contributed by atoms with van der Waals surface area (Å²) >= 11 is 0. The van der Waals surface area contributed by atoms with Gasteiger partial charge in [-0.15, -0.1) is 0 Å². The Labute approximate surface area is 175 Å². The fourth-order valence-electron chi connectivity index (χ4n) is 3.24. The van der Waals surface area contributed by atoms with E-state index in [4.69, 9.17) is 0 Å². The van der Waals surface area contributed by atoms with Gasteiger partial charge in [0.2, 0.25) is 0 Å². The van der Waals surface area contributed by atoms with Crippen molar-refractivity contribution in [3.05, 3.63) is 81.9 Å². The van der Waals surface area contributed by atoms with Gasteiger partial charge in [-0.05, 0) is 98.5 Å². The van der Waals surface area contributed by atoms with E-state index < -0.39 is 0 Å². The molecular formula is C24H24N2O4. The lowest BCUT2D eigenvalue weighted by molar-refractivity contribution is 0.101. The third kappa shape index (κ3) is 4.43. The van der Waals surface area contributed by atoms with Crippen LogP contribution in [-0.2, 0) is 0 Å². The summed E-state index contributed by atoms with van der Waals surface area (Å²) in [7, 11) is 0.